The summed E-state index contributed by atoms with van der Waals surface area (Å²) in [5.74, 6) is -0.160. The van der Waals surface area contributed by atoms with Gasteiger partial charge in [0.05, 0.1) is 6.42 Å². The molecular weight excluding hydrogens is 236 g/mol. The summed E-state index contributed by atoms with van der Waals surface area (Å²) in [6.07, 6.45) is -0.134. The van der Waals surface area contributed by atoms with Crippen LogP contribution in [0.4, 0.5) is 5.69 Å². The maximum Gasteiger partial charge on any atom is 0.228 e. The molecule has 3 heteroatoms. The van der Waals surface area contributed by atoms with Crippen LogP contribution >= 0.6 is 0 Å². The van der Waals surface area contributed by atoms with Crippen molar-refractivity contribution in [3.05, 3.63) is 29.3 Å². The van der Waals surface area contributed by atoms with Crippen molar-refractivity contribution in [3.8, 4) is 0 Å². The maximum absolute atomic E-state index is 11.6. The number of fused-ring (bicyclic) bond motifs is 1. The fourth-order valence-electron chi connectivity index (χ4n) is 2.13. The minimum absolute atomic E-state index is 0.0427. The van der Waals surface area contributed by atoms with Crippen molar-refractivity contribution in [2.75, 3.05) is 24.8 Å². The highest BCUT2D eigenvalue weighted by molar-refractivity contribution is 5.99. The molecule has 0 spiro atoms. The first kappa shape index (κ1) is 8.05. The van der Waals surface area contributed by atoms with E-state index in [9.17, 15) is 4.79 Å². The lowest BCUT2D eigenvalue weighted by molar-refractivity contribution is -0.115. The second-order valence-corrected chi connectivity index (χ2v) is 4.36. The summed E-state index contributed by atoms with van der Waals surface area (Å²) in [7, 11) is 0. The molecular formula is C16H24N2O. The molecule has 1 amide bonds. The fraction of sp³-hybridized carbons (Fsp3) is 0.562. The third-order valence-corrected chi connectivity index (χ3v) is 2.94. The summed E-state index contributed by atoms with van der Waals surface area (Å²) in [5.41, 5.74) is 1.93. The molecule has 0 radical (unpaired) electrons. The Morgan fingerprint density at radius 2 is 2.00 bits per heavy atom. The van der Waals surface area contributed by atoms with Crippen molar-refractivity contribution in [3.63, 3.8) is 0 Å². The van der Waals surface area contributed by atoms with Gasteiger partial charge in [0.25, 0.3) is 0 Å². The highest BCUT2D eigenvalue weighted by atomic mass is 16.1. The average molecular weight is 266 g/mol. The van der Waals surface area contributed by atoms with Crippen molar-refractivity contribution in [2.45, 2.75) is 39.5 Å². The van der Waals surface area contributed by atoms with Crippen LogP contribution in [0.5, 0.6) is 0 Å². The molecule has 0 saturated heterocycles. The van der Waals surface area contributed by atoms with Crippen LogP contribution in [-0.4, -0.2) is 30.3 Å². The summed E-state index contributed by atoms with van der Waals surface area (Å²) < 4.78 is 49.5. The van der Waals surface area contributed by atoms with Gasteiger partial charge in [-0.05, 0) is 49.4 Å². The molecule has 0 saturated carbocycles. The predicted molar refractivity (Wildman–Crippen MR) is 79.5 cm³/mol. The van der Waals surface area contributed by atoms with Gasteiger partial charge in [0.2, 0.25) is 5.91 Å². The highest BCUT2D eigenvalue weighted by Gasteiger charge is 2.20. The van der Waals surface area contributed by atoms with E-state index in [4.69, 9.17) is 8.22 Å². The molecule has 104 valence electrons. The number of hydrogen-bond donors (Lipinski definition) is 1. The summed E-state index contributed by atoms with van der Waals surface area (Å²) >= 11 is 0. The number of carbonyl (C=O) groups is 1. The summed E-state index contributed by atoms with van der Waals surface area (Å²) in [6.45, 7) is -3.42. The Kier molecular flexibility index (Phi) is 2.84. The van der Waals surface area contributed by atoms with Gasteiger partial charge in [-0.1, -0.05) is 26.0 Å². The zero-order valence-corrected chi connectivity index (χ0v) is 11.4. The molecule has 1 aromatic carbocycles. The lowest BCUT2D eigenvalue weighted by Crippen LogP contribution is -2.28. The molecule has 0 bridgehead atoms. The number of amides is 1. The third-order valence-electron chi connectivity index (χ3n) is 2.94. The topological polar surface area (TPSA) is 32.3 Å². The first-order valence-electron chi connectivity index (χ1n) is 9.65. The van der Waals surface area contributed by atoms with Crippen LogP contribution in [0.25, 0.3) is 0 Å². The zero-order valence-electron chi connectivity index (χ0n) is 17.4. The molecule has 1 aromatic rings. The summed E-state index contributed by atoms with van der Waals surface area (Å²) in [4.78, 5) is 12.3. The Morgan fingerprint density at radius 3 is 2.68 bits per heavy atom. The highest BCUT2D eigenvalue weighted by Crippen LogP contribution is 2.26. The molecule has 0 aromatic heterocycles. The molecule has 0 atom stereocenters. The van der Waals surface area contributed by atoms with E-state index in [1.807, 2.05) is 0 Å². The van der Waals surface area contributed by atoms with Crippen LogP contribution in [-0.2, 0) is 17.6 Å². The Hall–Kier alpha value is -1.35. The van der Waals surface area contributed by atoms with Gasteiger partial charge in [0.1, 0.15) is 0 Å². The van der Waals surface area contributed by atoms with E-state index >= 15 is 0 Å². The molecule has 3 nitrogen and oxygen atoms in total. The Bertz CT molecular complexity index is 646. The van der Waals surface area contributed by atoms with Crippen molar-refractivity contribution in [1.82, 2.24) is 4.90 Å². The number of carbonyl (C=O) groups excluding carboxylic acids is 1. The molecule has 1 aliphatic heterocycles. The quantitative estimate of drug-likeness (QED) is 0.823. The van der Waals surface area contributed by atoms with Crippen molar-refractivity contribution >= 4 is 11.6 Å². The van der Waals surface area contributed by atoms with Gasteiger partial charge < -0.3 is 10.2 Å². The molecule has 1 aliphatic rings. The SMILES string of the molecule is [2H]C([2H])(CC)N(C([2H])([2H])CC)C([2H])([2H])Cc1cccc2c1CC(=O)N2. The molecule has 2 rings (SSSR count). The molecule has 0 fully saturated rings. The van der Waals surface area contributed by atoms with E-state index in [-0.39, 0.29) is 31.6 Å². The van der Waals surface area contributed by atoms with E-state index in [0.717, 1.165) is 0 Å². The van der Waals surface area contributed by atoms with Crippen molar-refractivity contribution in [1.29, 1.82) is 0 Å². The second kappa shape index (κ2) is 6.71. The first-order valence-corrected chi connectivity index (χ1v) is 6.65. The Morgan fingerprint density at radius 1 is 1.26 bits per heavy atom. The van der Waals surface area contributed by atoms with Crippen LogP contribution < -0.4 is 5.32 Å². The Balaban J connectivity index is 2.43. The Labute approximate surface area is 124 Å². The lowest BCUT2D eigenvalue weighted by atomic mass is 10.0. The van der Waals surface area contributed by atoms with E-state index in [2.05, 4.69) is 5.32 Å². The third kappa shape index (κ3) is 3.57. The van der Waals surface area contributed by atoms with E-state index < -0.39 is 19.5 Å². The number of nitrogens with zero attached hydrogens (tertiary/aromatic N) is 1. The standard InChI is InChI=1S/C16H24N2O/c1-3-9-18(10-4-2)11-8-13-6-5-7-15-14(13)12-16(19)17-15/h5-7H,3-4,8-12H2,1-2H3,(H,17,19)/i9D2,10D2,11D2. The largest absolute Gasteiger partial charge is 0.326 e. The normalized spacial score (nSPS) is 20.7. The predicted octanol–water partition coefficient (Wildman–Crippen LogP) is 2.85. The average Bonchev–Trinajstić information content (AvgIpc) is 2.87. The van der Waals surface area contributed by atoms with Crippen LogP contribution in [0.3, 0.4) is 0 Å². The van der Waals surface area contributed by atoms with Gasteiger partial charge in [-0.2, -0.15) is 0 Å². The second-order valence-electron chi connectivity index (χ2n) is 4.36. The maximum atomic E-state index is 11.6. The van der Waals surface area contributed by atoms with Gasteiger partial charge in [-0.3, -0.25) is 4.79 Å². The first-order chi connectivity index (χ1) is 11.4. The number of aryl methyl sites for hydroxylation is 1. The summed E-state index contributed by atoms with van der Waals surface area (Å²) in [5, 5.41) is 2.71. The fourth-order valence-corrected chi connectivity index (χ4v) is 2.13. The molecule has 0 aliphatic carbocycles. The molecule has 0 unspecified atom stereocenters. The number of rotatable bonds is 7. The zero-order chi connectivity index (χ0) is 19.0. The summed E-state index contributed by atoms with van der Waals surface area (Å²) in [6, 6.07) is 5.16. The lowest BCUT2D eigenvalue weighted by Gasteiger charge is -2.21. The van der Waals surface area contributed by atoms with Crippen LogP contribution in [0.2, 0.25) is 0 Å². The number of nitrogens with one attached hydrogen (secondary N) is 1. The monoisotopic (exact) mass is 266 g/mol. The number of benzene rings is 1. The van der Waals surface area contributed by atoms with Crippen LogP contribution in [0.1, 0.15) is 46.0 Å². The van der Waals surface area contributed by atoms with Gasteiger partial charge in [0.15, 0.2) is 0 Å². The van der Waals surface area contributed by atoms with Crippen molar-refractivity contribution < 1.29 is 13.0 Å². The van der Waals surface area contributed by atoms with Gasteiger partial charge >= 0.3 is 0 Å². The van der Waals surface area contributed by atoms with Crippen LogP contribution in [0, 0.1) is 0 Å². The molecule has 1 N–H and O–H groups in total. The minimum atomic E-state index is -2.26. The number of anilines is 1. The minimum Gasteiger partial charge on any atom is -0.326 e. The molecule has 1 heterocycles. The van der Waals surface area contributed by atoms with Gasteiger partial charge in [-0.25, -0.2) is 0 Å². The van der Waals surface area contributed by atoms with E-state index in [1.54, 1.807) is 32.0 Å². The van der Waals surface area contributed by atoms with Gasteiger partial charge in [0, 0.05) is 20.4 Å². The van der Waals surface area contributed by atoms with Crippen LogP contribution in [0.15, 0.2) is 18.2 Å². The molecule has 19 heavy (non-hydrogen) atoms. The number of hydrogen-bond acceptors (Lipinski definition) is 2. The van der Waals surface area contributed by atoms with Crippen molar-refractivity contribution in [2.24, 2.45) is 0 Å². The van der Waals surface area contributed by atoms with E-state index in [1.165, 1.54) is 0 Å². The smallest absolute Gasteiger partial charge is 0.228 e. The van der Waals surface area contributed by atoms with Gasteiger partial charge in [-0.15, -0.1) is 0 Å². The van der Waals surface area contributed by atoms with E-state index in [0.29, 0.717) is 21.7 Å².